The second kappa shape index (κ2) is 9.04. The van der Waals surface area contributed by atoms with E-state index in [4.69, 9.17) is 0 Å². The molecule has 96 valence electrons. The van der Waals surface area contributed by atoms with E-state index in [1.165, 1.54) is 70.6 Å². The maximum Gasteiger partial charge on any atom is 0.00897 e. The van der Waals surface area contributed by atoms with Gasteiger partial charge in [-0.1, -0.05) is 58.3 Å². The van der Waals surface area contributed by atoms with E-state index in [-0.39, 0.29) is 0 Å². The molecule has 1 unspecified atom stereocenters. The van der Waals surface area contributed by atoms with Crippen molar-refractivity contribution in [3.8, 4) is 0 Å². The number of nitrogens with one attached hydrogen (secondary N) is 1. The van der Waals surface area contributed by atoms with E-state index in [0.717, 1.165) is 12.0 Å². The molecule has 1 aliphatic carbocycles. The molecular weight excluding hydrogens is 194 g/mol. The largest absolute Gasteiger partial charge is 0.317 e. The zero-order valence-electron chi connectivity index (χ0n) is 11.4. The standard InChI is InChI=1S/C15H31N/c1-3-15(16-2)14-12-10-8-6-4-5-7-9-11-13-14/h14-16H,3-13H2,1-2H3. The second-order valence-corrected chi connectivity index (χ2v) is 5.47. The van der Waals surface area contributed by atoms with Crippen molar-refractivity contribution in [2.75, 3.05) is 7.05 Å². The van der Waals surface area contributed by atoms with E-state index in [1.807, 2.05) is 0 Å². The first-order chi connectivity index (χ1) is 7.88. The summed E-state index contributed by atoms with van der Waals surface area (Å²) in [5.74, 6) is 0.938. The molecule has 1 atom stereocenters. The number of hydrogen-bond donors (Lipinski definition) is 1. The Balaban J connectivity index is 2.38. The van der Waals surface area contributed by atoms with Gasteiger partial charge in [0.2, 0.25) is 0 Å². The van der Waals surface area contributed by atoms with Gasteiger partial charge in [-0.05, 0) is 32.2 Å². The molecule has 1 nitrogen and oxygen atoms in total. The van der Waals surface area contributed by atoms with E-state index < -0.39 is 0 Å². The van der Waals surface area contributed by atoms with Crippen LogP contribution in [0.2, 0.25) is 0 Å². The van der Waals surface area contributed by atoms with Gasteiger partial charge in [0.15, 0.2) is 0 Å². The molecule has 1 fully saturated rings. The van der Waals surface area contributed by atoms with Gasteiger partial charge in [0, 0.05) is 6.04 Å². The first kappa shape index (κ1) is 14.0. The van der Waals surface area contributed by atoms with Gasteiger partial charge in [-0.15, -0.1) is 0 Å². The van der Waals surface area contributed by atoms with Crippen molar-refractivity contribution < 1.29 is 0 Å². The van der Waals surface area contributed by atoms with Crippen molar-refractivity contribution in [3.63, 3.8) is 0 Å². The summed E-state index contributed by atoms with van der Waals surface area (Å²) in [5.41, 5.74) is 0. The summed E-state index contributed by atoms with van der Waals surface area (Å²) in [7, 11) is 2.14. The van der Waals surface area contributed by atoms with Gasteiger partial charge in [0.05, 0.1) is 0 Å². The fourth-order valence-corrected chi connectivity index (χ4v) is 3.19. The molecule has 0 aromatic heterocycles. The molecule has 1 N–H and O–H groups in total. The summed E-state index contributed by atoms with van der Waals surface area (Å²) in [6.07, 6.45) is 16.0. The third-order valence-corrected chi connectivity index (χ3v) is 4.28. The maximum atomic E-state index is 3.52. The maximum absolute atomic E-state index is 3.52. The van der Waals surface area contributed by atoms with Crippen molar-refractivity contribution in [1.82, 2.24) is 5.32 Å². The lowest BCUT2D eigenvalue weighted by atomic mass is 9.87. The van der Waals surface area contributed by atoms with Crippen LogP contribution in [0, 0.1) is 5.92 Å². The predicted molar refractivity (Wildman–Crippen MR) is 72.8 cm³/mol. The van der Waals surface area contributed by atoms with E-state index in [0.29, 0.717) is 0 Å². The Morgan fingerprint density at radius 1 is 0.875 bits per heavy atom. The highest BCUT2D eigenvalue weighted by Crippen LogP contribution is 2.24. The molecule has 0 spiro atoms. The lowest BCUT2D eigenvalue weighted by Gasteiger charge is -2.26. The van der Waals surface area contributed by atoms with Gasteiger partial charge in [0.25, 0.3) is 0 Å². The van der Waals surface area contributed by atoms with Crippen LogP contribution in [0.5, 0.6) is 0 Å². The molecule has 1 aliphatic rings. The van der Waals surface area contributed by atoms with Crippen molar-refractivity contribution in [2.45, 2.75) is 83.6 Å². The van der Waals surface area contributed by atoms with Crippen LogP contribution in [0.1, 0.15) is 77.6 Å². The fraction of sp³-hybridized carbons (Fsp3) is 1.00. The Morgan fingerprint density at radius 2 is 1.31 bits per heavy atom. The van der Waals surface area contributed by atoms with Crippen LogP contribution in [0.4, 0.5) is 0 Å². The van der Waals surface area contributed by atoms with E-state index in [1.54, 1.807) is 0 Å². The summed E-state index contributed by atoms with van der Waals surface area (Å²) in [6.45, 7) is 2.33. The van der Waals surface area contributed by atoms with Gasteiger partial charge >= 0.3 is 0 Å². The van der Waals surface area contributed by atoms with Crippen molar-refractivity contribution in [2.24, 2.45) is 5.92 Å². The molecule has 0 heterocycles. The molecule has 0 aromatic rings. The average molecular weight is 225 g/mol. The third-order valence-electron chi connectivity index (χ3n) is 4.28. The first-order valence-corrected chi connectivity index (χ1v) is 7.55. The van der Waals surface area contributed by atoms with Crippen molar-refractivity contribution >= 4 is 0 Å². The summed E-state index contributed by atoms with van der Waals surface area (Å²) in [5, 5.41) is 3.52. The molecule has 0 aromatic carbocycles. The first-order valence-electron chi connectivity index (χ1n) is 7.55. The molecule has 16 heavy (non-hydrogen) atoms. The Morgan fingerprint density at radius 3 is 1.69 bits per heavy atom. The molecule has 1 rings (SSSR count). The van der Waals surface area contributed by atoms with Gasteiger partial charge in [-0.3, -0.25) is 0 Å². The van der Waals surface area contributed by atoms with E-state index in [9.17, 15) is 0 Å². The molecule has 0 amide bonds. The van der Waals surface area contributed by atoms with Gasteiger partial charge in [0.1, 0.15) is 0 Å². The van der Waals surface area contributed by atoms with E-state index in [2.05, 4.69) is 19.3 Å². The zero-order chi connectivity index (χ0) is 11.6. The Hall–Kier alpha value is -0.0400. The number of hydrogen-bond acceptors (Lipinski definition) is 1. The molecule has 1 heteroatoms. The Bertz CT molecular complexity index is 140. The summed E-state index contributed by atoms with van der Waals surface area (Å²) < 4.78 is 0. The fourth-order valence-electron chi connectivity index (χ4n) is 3.19. The normalized spacial score (nSPS) is 23.6. The molecule has 0 radical (unpaired) electrons. The smallest absolute Gasteiger partial charge is 0.00897 e. The van der Waals surface area contributed by atoms with Crippen molar-refractivity contribution in [1.29, 1.82) is 0 Å². The SMILES string of the molecule is CCC(NC)C1CCCCCCCCCC1. The average Bonchev–Trinajstić information content (AvgIpc) is 2.36. The third kappa shape index (κ3) is 5.34. The lowest BCUT2D eigenvalue weighted by molar-refractivity contribution is 0.306. The Kier molecular flexibility index (Phi) is 7.92. The quantitative estimate of drug-likeness (QED) is 0.745. The van der Waals surface area contributed by atoms with Gasteiger partial charge in [-0.25, -0.2) is 0 Å². The zero-order valence-corrected chi connectivity index (χ0v) is 11.4. The summed E-state index contributed by atoms with van der Waals surface area (Å²) >= 11 is 0. The van der Waals surface area contributed by atoms with Crippen LogP contribution in [-0.4, -0.2) is 13.1 Å². The summed E-state index contributed by atoms with van der Waals surface area (Å²) in [4.78, 5) is 0. The highest BCUT2D eigenvalue weighted by atomic mass is 14.9. The predicted octanol–water partition coefficient (Wildman–Crippen LogP) is 4.52. The highest BCUT2D eigenvalue weighted by molar-refractivity contribution is 4.74. The van der Waals surface area contributed by atoms with Gasteiger partial charge < -0.3 is 5.32 Å². The van der Waals surface area contributed by atoms with Crippen LogP contribution in [0.15, 0.2) is 0 Å². The van der Waals surface area contributed by atoms with Crippen LogP contribution in [-0.2, 0) is 0 Å². The minimum absolute atomic E-state index is 0.765. The topological polar surface area (TPSA) is 12.0 Å². The van der Waals surface area contributed by atoms with Crippen molar-refractivity contribution in [3.05, 3.63) is 0 Å². The van der Waals surface area contributed by atoms with E-state index >= 15 is 0 Å². The molecular formula is C15H31N. The Labute approximate surface area is 102 Å². The minimum atomic E-state index is 0.765. The van der Waals surface area contributed by atoms with Crippen LogP contribution in [0.25, 0.3) is 0 Å². The van der Waals surface area contributed by atoms with Gasteiger partial charge in [-0.2, -0.15) is 0 Å². The summed E-state index contributed by atoms with van der Waals surface area (Å²) in [6, 6.07) is 0.765. The molecule has 0 bridgehead atoms. The molecule has 0 aliphatic heterocycles. The molecule has 1 saturated carbocycles. The number of rotatable bonds is 3. The molecule has 0 saturated heterocycles. The minimum Gasteiger partial charge on any atom is -0.317 e. The van der Waals surface area contributed by atoms with Crippen LogP contribution >= 0.6 is 0 Å². The second-order valence-electron chi connectivity index (χ2n) is 5.47. The van der Waals surface area contributed by atoms with Crippen LogP contribution in [0.3, 0.4) is 0 Å². The highest BCUT2D eigenvalue weighted by Gasteiger charge is 2.17. The monoisotopic (exact) mass is 225 g/mol. The lowest BCUT2D eigenvalue weighted by Crippen LogP contribution is -2.33. The van der Waals surface area contributed by atoms with Crippen LogP contribution < -0.4 is 5.32 Å².